The van der Waals surface area contributed by atoms with E-state index in [1.807, 2.05) is 6.07 Å². The summed E-state index contributed by atoms with van der Waals surface area (Å²) in [5, 5.41) is 12.1. The Hall–Kier alpha value is -2.89. The average molecular weight is 343 g/mol. The van der Waals surface area contributed by atoms with Gasteiger partial charge in [0.05, 0.1) is 6.61 Å². The molecule has 130 valence electrons. The highest BCUT2D eigenvalue weighted by molar-refractivity contribution is 6.12. The zero-order valence-electron chi connectivity index (χ0n) is 13.7. The van der Waals surface area contributed by atoms with Gasteiger partial charge in [0.25, 0.3) is 0 Å². The maximum absolute atomic E-state index is 13.9. The molecule has 2 N–H and O–H groups in total. The first kappa shape index (κ1) is 17.0. The summed E-state index contributed by atoms with van der Waals surface area (Å²) in [5.41, 5.74) is -0.514. The number of halogens is 1. The predicted octanol–water partition coefficient (Wildman–Crippen LogP) is 3.42. The second-order valence-electron chi connectivity index (χ2n) is 5.98. The second kappa shape index (κ2) is 6.55. The van der Waals surface area contributed by atoms with Crippen molar-refractivity contribution >= 4 is 17.6 Å². The maximum atomic E-state index is 13.9. The first-order chi connectivity index (χ1) is 12.0. The highest BCUT2D eigenvalue weighted by atomic mass is 19.1. The summed E-state index contributed by atoms with van der Waals surface area (Å²) in [6.45, 7) is 2.06. The van der Waals surface area contributed by atoms with Crippen molar-refractivity contribution in [3.05, 3.63) is 59.9 Å². The van der Waals surface area contributed by atoms with E-state index in [9.17, 15) is 19.1 Å². The van der Waals surface area contributed by atoms with Crippen LogP contribution in [0.5, 0.6) is 5.75 Å². The van der Waals surface area contributed by atoms with E-state index < -0.39 is 29.0 Å². The number of carboxylic acids is 1. The summed E-state index contributed by atoms with van der Waals surface area (Å²) in [6.07, 6.45) is 0.220. The van der Waals surface area contributed by atoms with Gasteiger partial charge in [-0.2, -0.15) is 0 Å². The molecule has 3 rings (SSSR count). The molecule has 5 nitrogen and oxygen atoms in total. The summed E-state index contributed by atoms with van der Waals surface area (Å²) < 4.78 is 19.0. The molecular formula is C19H18FNO4. The molecule has 0 heterocycles. The number of rotatable bonds is 6. The normalized spacial score (nSPS) is 21.4. The summed E-state index contributed by atoms with van der Waals surface area (Å²) >= 11 is 0. The van der Waals surface area contributed by atoms with Gasteiger partial charge in [0.2, 0.25) is 5.91 Å². The van der Waals surface area contributed by atoms with Gasteiger partial charge in [-0.15, -0.1) is 0 Å². The van der Waals surface area contributed by atoms with Gasteiger partial charge in [-0.1, -0.05) is 30.3 Å². The van der Waals surface area contributed by atoms with E-state index in [1.165, 1.54) is 12.1 Å². The quantitative estimate of drug-likeness (QED) is 0.788. The van der Waals surface area contributed by atoms with Crippen molar-refractivity contribution in [1.29, 1.82) is 0 Å². The molecule has 2 atom stereocenters. The van der Waals surface area contributed by atoms with Gasteiger partial charge in [0.15, 0.2) is 17.0 Å². The third-order valence-corrected chi connectivity index (χ3v) is 4.44. The number of nitrogens with one attached hydrogen (secondary N) is 1. The molecule has 1 fully saturated rings. The van der Waals surface area contributed by atoms with Gasteiger partial charge in [0, 0.05) is 17.7 Å². The molecule has 0 aromatic heterocycles. The zero-order chi connectivity index (χ0) is 18.0. The van der Waals surface area contributed by atoms with Crippen LogP contribution in [0.3, 0.4) is 0 Å². The van der Waals surface area contributed by atoms with Crippen LogP contribution in [-0.2, 0) is 9.59 Å². The minimum Gasteiger partial charge on any atom is -0.491 e. The third-order valence-electron chi connectivity index (χ3n) is 4.44. The molecule has 2 aromatic rings. The van der Waals surface area contributed by atoms with E-state index in [4.69, 9.17) is 4.74 Å². The van der Waals surface area contributed by atoms with Crippen LogP contribution in [0.4, 0.5) is 10.1 Å². The lowest BCUT2D eigenvalue weighted by Crippen LogP contribution is -2.33. The van der Waals surface area contributed by atoms with Crippen LogP contribution in [0.15, 0.2) is 48.5 Å². The van der Waals surface area contributed by atoms with Crippen LogP contribution >= 0.6 is 0 Å². The average Bonchev–Trinajstić information content (AvgIpc) is 3.35. The van der Waals surface area contributed by atoms with E-state index in [2.05, 4.69) is 5.32 Å². The summed E-state index contributed by atoms with van der Waals surface area (Å²) in [6, 6.07) is 13.1. The number of amides is 1. The Morgan fingerprint density at radius 3 is 2.60 bits per heavy atom. The number of carbonyl (C=O) groups is 2. The van der Waals surface area contributed by atoms with Crippen LogP contribution < -0.4 is 10.1 Å². The van der Waals surface area contributed by atoms with Crippen LogP contribution in [0.1, 0.15) is 24.8 Å². The van der Waals surface area contributed by atoms with Crippen molar-refractivity contribution < 1.29 is 23.8 Å². The van der Waals surface area contributed by atoms with Gasteiger partial charge in [-0.3, -0.25) is 9.59 Å². The van der Waals surface area contributed by atoms with E-state index in [-0.39, 0.29) is 17.9 Å². The molecule has 1 aliphatic rings. The first-order valence-corrected chi connectivity index (χ1v) is 8.01. The molecule has 0 radical (unpaired) electrons. The van der Waals surface area contributed by atoms with E-state index in [0.29, 0.717) is 6.61 Å². The highest BCUT2D eigenvalue weighted by Crippen LogP contribution is 2.60. The van der Waals surface area contributed by atoms with Crippen molar-refractivity contribution in [2.24, 2.45) is 5.41 Å². The summed E-state index contributed by atoms with van der Waals surface area (Å²) in [5.74, 6) is -2.73. The van der Waals surface area contributed by atoms with Crippen LogP contribution in [0.25, 0.3) is 0 Å². The van der Waals surface area contributed by atoms with Gasteiger partial charge in [0.1, 0.15) is 0 Å². The standard InChI is InChI=1S/C19H18FNO4/c1-2-25-16-9-8-13(10-15(16)20)21-17(22)19(18(23)24)11-14(19)12-6-4-3-5-7-12/h3-10,14H,2,11H2,1H3,(H,21,22)(H,23,24). The molecule has 1 aliphatic carbocycles. The molecule has 0 saturated heterocycles. The lowest BCUT2D eigenvalue weighted by molar-refractivity contribution is -0.147. The van der Waals surface area contributed by atoms with Crippen molar-refractivity contribution in [2.75, 3.05) is 11.9 Å². The molecule has 25 heavy (non-hydrogen) atoms. The maximum Gasteiger partial charge on any atom is 0.319 e. The zero-order valence-corrected chi connectivity index (χ0v) is 13.7. The number of carboxylic acid groups (broad SMARTS) is 1. The highest BCUT2D eigenvalue weighted by Gasteiger charge is 2.66. The largest absolute Gasteiger partial charge is 0.491 e. The molecule has 2 unspecified atom stereocenters. The molecule has 0 bridgehead atoms. The fourth-order valence-electron chi connectivity index (χ4n) is 3.03. The van der Waals surface area contributed by atoms with Crippen LogP contribution in [0, 0.1) is 11.2 Å². The van der Waals surface area contributed by atoms with E-state index in [0.717, 1.165) is 11.6 Å². The predicted molar refractivity (Wildman–Crippen MR) is 90.1 cm³/mol. The molecule has 0 aliphatic heterocycles. The van der Waals surface area contributed by atoms with Gasteiger partial charge in [-0.25, -0.2) is 4.39 Å². The number of carbonyl (C=O) groups excluding carboxylic acids is 1. The van der Waals surface area contributed by atoms with Gasteiger partial charge >= 0.3 is 5.97 Å². The lowest BCUT2D eigenvalue weighted by Gasteiger charge is -2.14. The van der Waals surface area contributed by atoms with Gasteiger partial charge < -0.3 is 15.2 Å². The fraction of sp³-hybridized carbons (Fsp3) is 0.263. The van der Waals surface area contributed by atoms with Crippen molar-refractivity contribution in [3.8, 4) is 5.75 Å². The number of benzene rings is 2. The number of hydrogen-bond acceptors (Lipinski definition) is 3. The molecule has 0 spiro atoms. The Labute approximate surface area is 144 Å². The van der Waals surface area contributed by atoms with Crippen LogP contribution in [-0.4, -0.2) is 23.6 Å². The molecule has 1 saturated carbocycles. The Morgan fingerprint density at radius 2 is 2.00 bits per heavy atom. The van der Waals surface area contributed by atoms with Crippen molar-refractivity contribution in [2.45, 2.75) is 19.3 Å². The molecule has 6 heteroatoms. The Kier molecular flexibility index (Phi) is 4.44. The fourth-order valence-corrected chi connectivity index (χ4v) is 3.03. The Morgan fingerprint density at radius 1 is 1.28 bits per heavy atom. The van der Waals surface area contributed by atoms with E-state index >= 15 is 0 Å². The monoisotopic (exact) mass is 343 g/mol. The number of anilines is 1. The molecule has 2 aromatic carbocycles. The number of aliphatic carboxylic acids is 1. The minimum absolute atomic E-state index is 0.0852. The molecular weight excluding hydrogens is 325 g/mol. The van der Waals surface area contributed by atoms with Crippen LogP contribution in [0.2, 0.25) is 0 Å². The second-order valence-corrected chi connectivity index (χ2v) is 5.98. The number of ether oxygens (including phenoxy) is 1. The summed E-state index contributed by atoms with van der Waals surface area (Å²) in [4.78, 5) is 24.3. The number of hydrogen-bond donors (Lipinski definition) is 2. The minimum atomic E-state index is -1.52. The Bertz CT molecular complexity index is 808. The smallest absolute Gasteiger partial charge is 0.319 e. The van der Waals surface area contributed by atoms with Crippen molar-refractivity contribution in [1.82, 2.24) is 0 Å². The van der Waals surface area contributed by atoms with Crippen molar-refractivity contribution in [3.63, 3.8) is 0 Å². The topological polar surface area (TPSA) is 75.6 Å². The van der Waals surface area contributed by atoms with Gasteiger partial charge in [-0.05, 0) is 31.0 Å². The third kappa shape index (κ3) is 3.07. The molecule has 1 amide bonds. The first-order valence-electron chi connectivity index (χ1n) is 8.01. The SMILES string of the molecule is CCOc1ccc(NC(=O)C2(C(=O)O)CC2c2ccccc2)cc1F. The van der Waals surface area contributed by atoms with E-state index in [1.54, 1.807) is 31.2 Å². The Balaban J connectivity index is 1.80. The summed E-state index contributed by atoms with van der Waals surface area (Å²) in [7, 11) is 0. The lowest BCUT2D eigenvalue weighted by atomic mass is 9.98.